The molecule has 0 aliphatic heterocycles. The fraction of sp³-hybridized carbons (Fsp3) is 0.581. The van der Waals surface area contributed by atoms with Crippen LogP contribution in [0.1, 0.15) is 181 Å². The Morgan fingerprint density at radius 3 is 1.11 bits per heavy atom. The SMILES string of the molecule is CC/C=C\C/C=C\C/C=C\C/C=C\C/C=C\C/C=C\C/C=C\C/C=C\CCCCCCC(=O)OC(COC(=O)CCCCCCCC/C=C\C/C=C\C/C=C\C/C=C\CC)COP(=O)([O-])OCC[N+](C)(C)C. The summed E-state index contributed by atoms with van der Waals surface area (Å²) in [7, 11) is 1.11. The van der Waals surface area contributed by atoms with E-state index < -0.39 is 32.5 Å². The Kier molecular flexibility index (Phi) is 48.8. The summed E-state index contributed by atoms with van der Waals surface area (Å²) in [5.41, 5.74) is 0. The van der Waals surface area contributed by atoms with E-state index in [4.69, 9.17) is 18.5 Å². The van der Waals surface area contributed by atoms with Gasteiger partial charge in [0.15, 0.2) is 6.10 Å². The predicted octanol–water partition coefficient (Wildman–Crippen LogP) is 16.5. The smallest absolute Gasteiger partial charge is 0.306 e. The molecule has 0 rings (SSSR count). The first kappa shape index (κ1) is 67.9. The molecular formula is C62H100NO8P. The third-order valence-corrected chi connectivity index (χ3v) is 11.8. The van der Waals surface area contributed by atoms with Crippen molar-refractivity contribution in [3.63, 3.8) is 0 Å². The van der Waals surface area contributed by atoms with E-state index in [-0.39, 0.29) is 26.1 Å². The monoisotopic (exact) mass is 1020 g/mol. The van der Waals surface area contributed by atoms with Gasteiger partial charge in [-0.1, -0.05) is 198 Å². The Balaban J connectivity index is 4.34. The molecule has 0 aromatic rings. The van der Waals surface area contributed by atoms with Gasteiger partial charge >= 0.3 is 11.9 Å². The number of rotatable bonds is 48. The largest absolute Gasteiger partial charge is 0.756 e. The lowest BCUT2D eigenvalue weighted by Gasteiger charge is -2.28. The first-order valence-electron chi connectivity index (χ1n) is 27.5. The van der Waals surface area contributed by atoms with Crippen molar-refractivity contribution < 1.29 is 42.1 Å². The fourth-order valence-corrected chi connectivity index (χ4v) is 7.39. The molecule has 0 aromatic carbocycles. The molecule has 0 aliphatic rings. The number of esters is 2. The molecular weight excluding hydrogens is 918 g/mol. The van der Waals surface area contributed by atoms with Crippen LogP contribution in [0.25, 0.3) is 0 Å². The van der Waals surface area contributed by atoms with Crippen molar-refractivity contribution in [3.05, 3.63) is 146 Å². The second kappa shape index (κ2) is 51.8. The van der Waals surface area contributed by atoms with Gasteiger partial charge in [-0.25, -0.2) is 0 Å². The average molecular weight is 1020 g/mol. The van der Waals surface area contributed by atoms with Gasteiger partial charge in [0.05, 0.1) is 27.7 Å². The van der Waals surface area contributed by atoms with E-state index in [0.29, 0.717) is 23.9 Å². The number of carbonyl (C=O) groups is 2. The zero-order valence-electron chi connectivity index (χ0n) is 45.8. The maximum atomic E-state index is 12.8. The number of phosphoric acid groups is 1. The molecule has 0 aliphatic carbocycles. The lowest BCUT2D eigenvalue weighted by molar-refractivity contribution is -0.870. The van der Waals surface area contributed by atoms with Crippen molar-refractivity contribution in [3.8, 4) is 0 Å². The van der Waals surface area contributed by atoms with Crippen LogP contribution in [0.4, 0.5) is 0 Å². The standard InChI is InChI=1S/C62H100NO8P/c1-6-8-10-12-14-16-18-20-22-24-26-27-28-29-30-31-32-33-34-35-37-39-41-43-45-47-49-51-53-55-62(65)71-60(59-70-72(66,67)69-57-56-63(3,4)5)58-68-61(64)54-52-50-48-46-44-42-40-38-36-25-23-21-19-17-15-13-11-9-7-2/h8-11,14-17,20-23,26-27,29-30,32-33,35-38,41,43,60H,6-7,12-13,18-19,24-25,28,31,34,39-40,42,44-59H2,1-5H3/b10-8-,11-9-,16-14-,17-15-,22-20-,23-21-,27-26-,30-29-,33-32-,37-35-,38-36-,43-41-. The van der Waals surface area contributed by atoms with Gasteiger partial charge in [-0.2, -0.15) is 0 Å². The van der Waals surface area contributed by atoms with E-state index in [2.05, 4.69) is 160 Å². The maximum absolute atomic E-state index is 12.8. The molecule has 0 spiro atoms. The zero-order valence-corrected chi connectivity index (χ0v) is 46.7. The molecule has 0 N–H and O–H groups in total. The van der Waals surface area contributed by atoms with Crippen molar-refractivity contribution in [2.45, 2.75) is 187 Å². The normalized spacial score (nSPS) is 14.5. The fourth-order valence-electron chi connectivity index (χ4n) is 6.66. The number of ether oxygens (including phenoxy) is 2. The van der Waals surface area contributed by atoms with Gasteiger partial charge in [-0.3, -0.25) is 14.2 Å². The number of quaternary nitrogens is 1. The molecule has 0 radical (unpaired) electrons. The molecule has 72 heavy (non-hydrogen) atoms. The van der Waals surface area contributed by atoms with Crippen LogP contribution in [0.2, 0.25) is 0 Å². The average Bonchev–Trinajstić information content (AvgIpc) is 3.34. The van der Waals surface area contributed by atoms with E-state index in [9.17, 15) is 19.0 Å². The molecule has 9 nitrogen and oxygen atoms in total. The molecule has 0 saturated carbocycles. The van der Waals surface area contributed by atoms with Crippen molar-refractivity contribution in [1.29, 1.82) is 0 Å². The number of hydrogen-bond donors (Lipinski definition) is 0. The lowest BCUT2D eigenvalue weighted by Crippen LogP contribution is -2.37. The Hall–Kier alpha value is -4.11. The Morgan fingerprint density at radius 1 is 0.431 bits per heavy atom. The quantitative estimate of drug-likeness (QED) is 0.0195. The number of hydrogen-bond acceptors (Lipinski definition) is 8. The molecule has 0 fully saturated rings. The first-order valence-corrected chi connectivity index (χ1v) is 29.0. The van der Waals surface area contributed by atoms with E-state index in [1.54, 1.807) is 0 Å². The maximum Gasteiger partial charge on any atom is 0.306 e. The Bertz CT molecular complexity index is 1720. The van der Waals surface area contributed by atoms with E-state index in [0.717, 1.165) is 141 Å². The summed E-state index contributed by atoms with van der Waals surface area (Å²) in [4.78, 5) is 37.8. The summed E-state index contributed by atoms with van der Waals surface area (Å²) in [6, 6.07) is 0. The molecule has 10 heteroatoms. The minimum atomic E-state index is -4.66. The molecule has 0 saturated heterocycles. The summed E-state index contributed by atoms with van der Waals surface area (Å²) in [6.07, 6.45) is 76.0. The predicted molar refractivity (Wildman–Crippen MR) is 304 cm³/mol. The number of likely N-dealkylation sites (N-methyl/N-ethyl adjacent to an activating group) is 1. The summed E-state index contributed by atoms with van der Waals surface area (Å²) >= 11 is 0. The van der Waals surface area contributed by atoms with E-state index in [1.807, 2.05) is 21.1 Å². The Labute approximate surface area is 440 Å². The number of phosphoric ester groups is 1. The van der Waals surface area contributed by atoms with Crippen molar-refractivity contribution in [2.75, 3.05) is 47.5 Å². The zero-order chi connectivity index (χ0) is 52.7. The van der Waals surface area contributed by atoms with Gasteiger partial charge in [0.25, 0.3) is 7.82 Å². The lowest BCUT2D eigenvalue weighted by atomic mass is 10.1. The van der Waals surface area contributed by atoms with Crippen LogP contribution in [0.3, 0.4) is 0 Å². The molecule has 406 valence electrons. The minimum Gasteiger partial charge on any atom is -0.756 e. The van der Waals surface area contributed by atoms with Gasteiger partial charge < -0.3 is 27.9 Å². The third-order valence-electron chi connectivity index (χ3n) is 10.9. The second-order valence-corrected chi connectivity index (χ2v) is 20.2. The van der Waals surface area contributed by atoms with E-state index >= 15 is 0 Å². The minimum absolute atomic E-state index is 0.0480. The van der Waals surface area contributed by atoms with E-state index in [1.165, 1.54) is 0 Å². The van der Waals surface area contributed by atoms with Crippen molar-refractivity contribution in [2.24, 2.45) is 0 Å². The first-order chi connectivity index (χ1) is 35.0. The summed E-state index contributed by atoms with van der Waals surface area (Å²) in [5, 5.41) is 0. The summed E-state index contributed by atoms with van der Waals surface area (Å²) in [6.45, 7) is 3.93. The van der Waals surface area contributed by atoms with Crippen molar-refractivity contribution >= 4 is 19.8 Å². The third kappa shape index (κ3) is 55.2. The van der Waals surface area contributed by atoms with Crippen LogP contribution in [0, 0.1) is 0 Å². The number of nitrogens with zero attached hydrogens (tertiary/aromatic N) is 1. The van der Waals surface area contributed by atoms with Gasteiger partial charge in [0.2, 0.25) is 0 Å². The highest BCUT2D eigenvalue weighted by atomic mass is 31.2. The van der Waals surface area contributed by atoms with Crippen molar-refractivity contribution in [1.82, 2.24) is 0 Å². The number of unbranched alkanes of at least 4 members (excludes halogenated alkanes) is 10. The van der Waals surface area contributed by atoms with Gasteiger partial charge in [0, 0.05) is 12.8 Å². The van der Waals surface area contributed by atoms with Crippen LogP contribution in [-0.4, -0.2) is 70.0 Å². The topological polar surface area (TPSA) is 111 Å². The summed E-state index contributed by atoms with van der Waals surface area (Å²) in [5.74, 6) is -0.894. The van der Waals surface area contributed by atoms with Gasteiger partial charge in [-0.05, 0) is 116 Å². The highest BCUT2D eigenvalue weighted by Crippen LogP contribution is 2.38. The van der Waals surface area contributed by atoms with Gasteiger partial charge in [-0.15, -0.1) is 0 Å². The van der Waals surface area contributed by atoms with Crippen LogP contribution >= 0.6 is 7.82 Å². The molecule has 0 heterocycles. The second-order valence-electron chi connectivity index (χ2n) is 18.8. The molecule has 0 amide bonds. The Morgan fingerprint density at radius 2 is 0.750 bits per heavy atom. The molecule has 0 aromatic heterocycles. The van der Waals surface area contributed by atoms with Crippen LogP contribution < -0.4 is 4.89 Å². The van der Waals surface area contributed by atoms with Crippen LogP contribution in [-0.2, 0) is 32.7 Å². The number of allylic oxidation sites excluding steroid dienone is 24. The summed E-state index contributed by atoms with van der Waals surface area (Å²) < 4.78 is 34.1. The van der Waals surface area contributed by atoms with Crippen LogP contribution in [0.5, 0.6) is 0 Å². The molecule has 2 atom stereocenters. The number of carbonyl (C=O) groups excluding carboxylic acids is 2. The highest BCUT2D eigenvalue weighted by Gasteiger charge is 2.21. The van der Waals surface area contributed by atoms with Crippen LogP contribution in [0.15, 0.2) is 146 Å². The molecule has 0 bridgehead atoms. The molecule has 2 unspecified atom stereocenters. The highest BCUT2D eigenvalue weighted by molar-refractivity contribution is 7.45. The van der Waals surface area contributed by atoms with Gasteiger partial charge in [0.1, 0.15) is 19.8 Å².